The molecule has 0 spiro atoms. The van der Waals surface area contributed by atoms with Gasteiger partial charge in [0.25, 0.3) is 0 Å². The minimum Gasteiger partial charge on any atom is -0.356 e. The first-order chi connectivity index (χ1) is 15.0. The lowest BCUT2D eigenvalue weighted by atomic mass is 9.95. The zero-order valence-corrected chi connectivity index (χ0v) is 17.8. The van der Waals surface area contributed by atoms with Crippen molar-refractivity contribution in [3.05, 3.63) is 42.1 Å². The SMILES string of the molecule is CC1(F)CCN(c2nc3cnn(C[C@H]4CCNC4)c3cc2-c2ccc(C#N)cc2)CC1. The van der Waals surface area contributed by atoms with E-state index < -0.39 is 5.67 Å². The van der Waals surface area contributed by atoms with E-state index in [0.29, 0.717) is 37.4 Å². The Morgan fingerprint density at radius 3 is 2.71 bits per heavy atom. The summed E-state index contributed by atoms with van der Waals surface area (Å²) in [6.45, 7) is 5.91. The number of nitriles is 1. The first kappa shape index (κ1) is 20.0. The molecule has 6 nitrogen and oxygen atoms in total. The Kier molecular flexibility index (Phi) is 5.11. The van der Waals surface area contributed by atoms with Crippen LogP contribution >= 0.6 is 0 Å². The van der Waals surface area contributed by atoms with E-state index in [1.807, 2.05) is 30.5 Å². The van der Waals surface area contributed by atoms with Crippen molar-refractivity contribution in [3.63, 3.8) is 0 Å². The Morgan fingerprint density at radius 1 is 1.26 bits per heavy atom. The molecular weight excluding hydrogens is 391 g/mol. The van der Waals surface area contributed by atoms with Gasteiger partial charge in [0.15, 0.2) is 0 Å². The van der Waals surface area contributed by atoms with Crippen LogP contribution in [0.4, 0.5) is 10.2 Å². The van der Waals surface area contributed by atoms with Gasteiger partial charge < -0.3 is 10.2 Å². The topological polar surface area (TPSA) is 69.8 Å². The maximum Gasteiger partial charge on any atom is 0.137 e. The molecule has 1 atom stereocenters. The normalized spacial score (nSPS) is 20.8. The van der Waals surface area contributed by atoms with Crippen molar-refractivity contribution in [2.45, 2.75) is 38.4 Å². The van der Waals surface area contributed by atoms with E-state index >= 15 is 0 Å². The van der Waals surface area contributed by atoms with Gasteiger partial charge in [-0.15, -0.1) is 0 Å². The van der Waals surface area contributed by atoms with Crippen LogP contribution in [0.3, 0.4) is 0 Å². The first-order valence-electron chi connectivity index (χ1n) is 11.0. The molecule has 7 heteroatoms. The highest BCUT2D eigenvalue weighted by Crippen LogP contribution is 2.36. The maximum absolute atomic E-state index is 14.4. The summed E-state index contributed by atoms with van der Waals surface area (Å²) in [6.07, 6.45) is 3.99. The largest absolute Gasteiger partial charge is 0.356 e. The summed E-state index contributed by atoms with van der Waals surface area (Å²) in [5, 5.41) is 17.2. The van der Waals surface area contributed by atoms with E-state index in [0.717, 1.165) is 54.0 Å². The Hall–Kier alpha value is -2.98. The van der Waals surface area contributed by atoms with Crippen LogP contribution in [0.5, 0.6) is 0 Å². The zero-order valence-electron chi connectivity index (χ0n) is 17.8. The number of anilines is 1. The zero-order chi connectivity index (χ0) is 21.4. The number of hydrogen-bond donors (Lipinski definition) is 1. The van der Waals surface area contributed by atoms with Crippen molar-refractivity contribution in [3.8, 4) is 17.2 Å². The van der Waals surface area contributed by atoms with Gasteiger partial charge in [0.1, 0.15) is 17.0 Å². The van der Waals surface area contributed by atoms with Crippen molar-refractivity contribution in [2.24, 2.45) is 5.92 Å². The molecule has 0 bridgehead atoms. The van der Waals surface area contributed by atoms with Crippen LogP contribution < -0.4 is 10.2 Å². The minimum atomic E-state index is -1.12. The minimum absolute atomic E-state index is 0.494. The molecule has 0 aliphatic carbocycles. The molecule has 0 amide bonds. The molecule has 2 aromatic heterocycles. The predicted molar refractivity (Wildman–Crippen MR) is 120 cm³/mol. The van der Waals surface area contributed by atoms with Crippen molar-refractivity contribution in [1.29, 1.82) is 5.26 Å². The Bertz CT molecular complexity index is 1110. The highest BCUT2D eigenvalue weighted by molar-refractivity contribution is 5.88. The molecule has 5 rings (SSSR count). The van der Waals surface area contributed by atoms with Crippen molar-refractivity contribution >= 4 is 16.9 Å². The second kappa shape index (κ2) is 7.93. The second-order valence-electron chi connectivity index (χ2n) is 9.04. The second-order valence-corrected chi connectivity index (χ2v) is 9.04. The van der Waals surface area contributed by atoms with Gasteiger partial charge in [-0.05, 0) is 69.0 Å². The molecule has 2 aliphatic heterocycles. The number of benzene rings is 1. The summed E-state index contributed by atoms with van der Waals surface area (Å²) < 4.78 is 16.5. The van der Waals surface area contributed by atoms with Crippen LogP contribution in [-0.4, -0.2) is 46.6 Å². The summed E-state index contributed by atoms with van der Waals surface area (Å²) in [6, 6.07) is 11.9. The molecule has 0 unspecified atom stereocenters. The number of aromatic nitrogens is 3. The van der Waals surface area contributed by atoms with E-state index in [4.69, 9.17) is 10.2 Å². The molecule has 1 aromatic carbocycles. The molecule has 31 heavy (non-hydrogen) atoms. The van der Waals surface area contributed by atoms with E-state index in [1.165, 1.54) is 0 Å². The average Bonchev–Trinajstić information content (AvgIpc) is 3.43. The summed E-state index contributed by atoms with van der Waals surface area (Å²) in [5.74, 6) is 1.44. The molecule has 3 aromatic rings. The van der Waals surface area contributed by atoms with E-state index in [9.17, 15) is 4.39 Å². The number of piperidine rings is 1. The van der Waals surface area contributed by atoms with E-state index in [2.05, 4.69) is 32.1 Å². The molecule has 2 aliphatic rings. The fourth-order valence-corrected chi connectivity index (χ4v) is 4.62. The van der Waals surface area contributed by atoms with Crippen LogP contribution in [0, 0.1) is 17.2 Å². The molecule has 2 fully saturated rings. The van der Waals surface area contributed by atoms with Crippen LogP contribution in [0.15, 0.2) is 36.5 Å². The highest BCUT2D eigenvalue weighted by Gasteiger charge is 2.31. The summed E-state index contributed by atoms with van der Waals surface area (Å²) in [4.78, 5) is 7.19. The van der Waals surface area contributed by atoms with Gasteiger partial charge in [0, 0.05) is 25.2 Å². The summed E-state index contributed by atoms with van der Waals surface area (Å²) >= 11 is 0. The molecule has 1 N–H and O–H groups in total. The molecular formula is C24H27FN6. The average molecular weight is 419 g/mol. The van der Waals surface area contributed by atoms with Gasteiger partial charge in [0.2, 0.25) is 0 Å². The number of halogens is 1. The molecule has 4 heterocycles. The number of nitrogens with zero attached hydrogens (tertiary/aromatic N) is 5. The molecule has 2 saturated heterocycles. The number of rotatable bonds is 4. The lowest BCUT2D eigenvalue weighted by Crippen LogP contribution is -2.40. The lowest BCUT2D eigenvalue weighted by Gasteiger charge is -2.35. The summed E-state index contributed by atoms with van der Waals surface area (Å²) in [5.41, 5.74) is 3.41. The number of fused-ring (bicyclic) bond motifs is 1. The molecule has 0 radical (unpaired) electrons. The van der Waals surface area contributed by atoms with Gasteiger partial charge in [0.05, 0.1) is 23.3 Å². The third-order valence-corrected chi connectivity index (χ3v) is 6.63. The fourth-order valence-electron chi connectivity index (χ4n) is 4.62. The Morgan fingerprint density at radius 2 is 2.03 bits per heavy atom. The quantitative estimate of drug-likeness (QED) is 0.696. The van der Waals surface area contributed by atoms with Gasteiger partial charge in [-0.2, -0.15) is 10.4 Å². The monoisotopic (exact) mass is 418 g/mol. The smallest absolute Gasteiger partial charge is 0.137 e. The summed E-state index contributed by atoms with van der Waals surface area (Å²) in [7, 11) is 0. The van der Waals surface area contributed by atoms with Gasteiger partial charge in [-0.3, -0.25) is 4.68 Å². The first-order valence-corrected chi connectivity index (χ1v) is 11.0. The Balaban J connectivity index is 1.57. The van der Waals surface area contributed by atoms with Crippen molar-refractivity contribution in [1.82, 2.24) is 20.1 Å². The third kappa shape index (κ3) is 4.00. The highest BCUT2D eigenvalue weighted by atomic mass is 19.1. The predicted octanol–water partition coefficient (Wildman–Crippen LogP) is 3.91. The van der Waals surface area contributed by atoms with E-state index in [-0.39, 0.29) is 0 Å². The van der Waals surface area contributed by atoms with Gasteiger partial charge in [-0.25, -0.2) is 9.37 Å². The number of nitrogens with one attached hydrogen (secondary N) is 1. The van der Waals surface area contributed by atoms with Crippen LogP contribution in [0.25, 0.3) is 22.2 Å². The maximum atomic E-state index is 14.4. The van der Waals surface area contributed by atoms with Crippen LogP contribution in [-0.2, 0) is 6.54 Å². The fraction of sp³-hybridized carbons (Fsp3) is 0.458. The third-order valence-electron chi connectivity index (χ3n) is 6.63. The number of alkyl halides is 1. The van der Waals surface area contributed by atoms with Crippen LogP contribution in [0.2, 0.25) is 0 Å². The van der Waals surface area contributed by atoms with Crippen LogP contribution in [0.1, 0.15) is 31.7 Å². The number of pyridine rings is 1. The number of hydrogen-bond acceptors (Lipinski definition) is 5. The molecule has 0 saturated carbocycles. The van der Waals surface area contributed by atoms with E-state index in [1.54, 1.807) is 6.92 Å². The Labute approximate surface area is 181 Å². The van der Waals surface area contributed by atoms with Crippen molar-refractivity contribution < 1.29 is 4.39 Å². The standard InChI is InChI=1S/C24H27FN6/c1-24(25)7-10-30(11-8-24)23-20(19-4-2-17(13-26)3-5-19)12-22-21(29-23)15-28-31(22)16-18-6-9-27-14-18/h2-5,12,15,18,27H,6-11,14,16H2,1H3/t18-/m0/s1. The van der Waals surface area contributed by atoms with Gasteiger partial charge >= 0.3 is 0 Å². The lowest BCUT2D eigenvalue weighted by molar-refractivity contribution is 0.149. The van der Waals surface area contributed by atoms with Gasteiger partial charge in [-0.1, -0.05) is 12.1 Å². The molecule has 160 valence electrons. The van der Waals surface area contributed by atoms with Crippen molar-refractivity contribution in [2.75, 3.05) is 31.1 Å².